The molecule has 0 bridgehead atoms. The van der Waals surface area contributed by atoms with Gasteiger partial charge in [-0.2, -0.15) is 16.8 Å². The van der Waals surface area contributed by atoms with Gasteiger partial charge in [-0.3, -0.25) is 8.37 Å². The SMILES string of the molecule is Cc1ccc(S(=O)(=O)O[C@@H]2[C@@H](O)[C@@H]3O[C@@H]3[C@@H](O)[C@@H]2OS(=O)(=O)c2ccc(C)cc2)cc1. The van der Waals surface area contributed by atoms with Crippen LogP contribution in [-0.4, -0.2) is 63.7 Å². The zero-order valence-electron chi connectivity index (χ0n) is 16.7. The van der Waals surface area contributed by atoms with E-state index in [-0.39, 0.29) is 9.79 Å². The van der Waals surface area contributed by atoms with Gasteiger partial charge in [0, 0.05) is 0 Å². The lowest BCUT2D eigenvalue weighted by Gasteiger charge is -2.34. The highest BCUT2D eigenvalue weighted by Gasteiger charge is 2.63. The molecule has 4 rings (SSSR count). The minimum atomic E-state index is -4.40. The average Bonchev–Trinajstić information content (AvgIpc) is 3.51. The molecule has 2 fully saturated rings. The average molecular weight is 471 g/mol. The van der Waals surface area contributed by atoms with Crippen LogP contribution >= 0.6 is 0 Å². The number of benzene rings is 2. The maximum atomic E-state index is 12.7. The molecule has 0 aromatic heterocycles. The predicted octanol–water partition coefficient (Wildman–Crippen LogP) is 0.654. The molecule has 0 spiro atoms. The first-order chi connectivity index (χ1) is 14.5. The lowest BCUT2D eigenvalue weighted by Crippen LogP contribution is -2.57. The molecule has 168 valence electrons. The van der Waals surface area contributed by atoms with Crippen molar-refractivity contribution in [1.82, 2.24) is 0 Å². The summed E-state index contributed by atoms with van der Waals surface area (Å²) in [5.74, 6) is 0. The standard InChI is InChI=1S/C20H22O9S2/c1-11-3-7-13(8-4-11)30(23,24)28-19-15(21)17-18(27-17)16(22)20(19)29-31(25,26)14-9-5-12(2)6-10-14/h3-10,15-22H,1-2H3/t15-,16+,17-,18+,19+,20-. The first kappa shape index (κ1) is 22.3. The highest BCUT2D eigenvalue weighted by molar-refractivity contribution is 7.87. The summed E-state index contributed by atoms with van der Waals surface area (Å²) in [4.78, 5) is -0.363. The van der Waals surface area contributed by atoms with Crippen LogP contribution in [-0.2, 0) is 33.3 Å². The molecule has 1 aliphatic heterocycles. The van der Waals surface area contributed by atoms with Crippen LogP contribution in [0, 0.1) is 13.8 Å². The molecule has 1 saturated carbocycles. The minimum Gasteiger partial charge on any atom is -0.387 e. The fourth-order valence-corrected chi connectivity index (χ4v) is 5.68. The van der Waals surface area contributed by atoms with Crippen LogP contribution < -0.4 is 0 Å². The van der Waals surface area contributed by atoms with E-state index in [9.17, 15) is 27.0 Å². The third kappa shape index (κ3) is 4.40. The number of epoxide rings is 1. The van der Waals surface area contributed by atoms with Crippen molar-refractivity contribution >= 4 is 20.2 Å². The Morgan fingerprint density at radius 2 is 1.00 bits per heavy atom. The highest BCUT2D eigenvalue weighted by atomic mass is 32.2. The molecule has 9 nitrogen and oxygen atoms in total. The Bertz CT molecular complexity index is 1060. The smallest absolute Gasteiger partial charge is 0.297 e. The van der Waals surface area contributed by atoms with Crippen LogP contribution in [0.15, 0.2) is 58.3 Å². The van der Waals surface area contributed by atoms with E-state index in [1.165, 1.54) is 24.3 Å². The van der Waals surface area contributed by atoms with E-state index in [2.05, 4.69) is 0 Å². The third-order valence-corrected chi connectivity index (χ3v) is 7.98. The van der Waals surface area contributed by atoms with Gasteiger partial charge in [-0.05, 0) is 38.1 Å². The van der Waals surface area contributed by atoms with Crippen molar-refractivity contribution in [3.8, 4) is 0 Å². The fraction of sp³-hybridized carbons (Fsp3) is 0.400. The molecular formula is C20H22O9S2. The Morgan fingerprint density at radius 3 is 1.32 bits per heavy atom. The van der Waals surface area contributed by atoms with Crippen molar-refractivity contribution in [1.29, 1.82) is 0 Å². The summed E-state index contributed by atoms with van der Waals surface area (Å²) >= 11 is 0. The fourth-order valence-electron chi connectivity index (χ4n) is 3.49. The number of aryl methyl sites for hydroxylation is 2. The monoisotopic (exact) mass is 470 g/mol. The van der Waals surface area contributed by atoms with Gasteiger partial charge in [0.2, 0.25) is 0 Å². The van der Waals surface area contributed by atoms with Crippen molar-refractivity contribution in [3.05, 3.63) is 59.7 Å². The van der Waals surface area contributed by atoms with Crippen molar-refractivity contribution in [3.63, 3.8) is 0 Å². The van der Waals surface area contributed by atoms with Gasteiger partial charge in [0.25, 0.3) is 20.2 Å². The lowest BCUT2D eigenvalue weighted by atomic mass is 9.90. The quantitative estimate of drug-likeness (QED) is 0.460. The molecule has 0 unspecified atom stereocenters. The Labute approximate surface area is 180 Å². The molecule has 1 aliphatic carbocycles. The first-order valence-corrected chi connectivity index (χ1v) is 12.3. The zero-order chi connectivity index (χ0) is 22.6. The molecule has 11 heteroatoms. The summed E-state index contributed by atoms with van der Waals surface area (Å²) in [7, 11) is -8.80. The van der Waals surface area contributed by atoms with Crippen molar-refractivity contribution in [2.75, 3.05) is 0 Å². The molecule has 2 aromatic rings. The van der Waals surface area contributed by atoms with Crippen molar-refractivity contribution in [2.45, 2.75) is 60.3 Å². The summed E-state index contributed by atoms with van der Waals surface area (Å²) in [6, 6.07) is 11.6. The molecule has 2 aliphatic rings. The van der Waals surface area contributed by atoms with E-state index in [1.54, 1.807) is 38.1 Å². The topological polar surface area (TPSA) is 140 Å². The second-order valence-electron chi connectivity index (χ2n) is 7.70. The number of hydrogen-bond donors (Lipinski definition) is 2. The molecule has 31 heavy (non-hydrogen) atoms. The van der Waals surface area contributed by atoms with Crippen molar-refractivity contribution < 1.29 is 40.2 Å². The van der Waals surface area contributed by atoms with E-state index in [4.69, 9.17) is 13.1 Å². The molecule has 1 heterocycles. The van der Waals surface area contributed by atoms with E-state index in [0.29, 0.717) is 0 Å². The molecule has 0 radical (unpaired) electrons. The van der Waals surface area contributed by atoms with Crippen molar-refractivity contribution in [2.24, 2.45) is 0 Å². The molecule has 2 aromatic carbocycles. The molecule has 2 N–H and O–H groups in total. The van der Waals surface area contributed by atoms with Gasteiger partial charge >= 0.3 is 0 Å². The van der Waals surface area contributed by atoms with Crippen LogP contribution in [0.25, 0.3) is 0 Å². The minimum absolute atomic E-state index is 0.182. The normalized spacial score (nSPS) is 30.6. The maximum Gasteiger partial charge on any atom is 0.297 e. The van der Waals surface area contributed by atoms with E-state index < -0.39 is 56.9 Å². The Morgan fingerprint density at radius 1 is 0.677 bits per heavy atom. The van der Waals surface area contributed by atoms with Crippen LogP contribution in [0.5, 0.6) is 0 Å². The summed E-state index contributed by atoms with van der Waals surface area (Å²) in [5, 5.41) is 21.1. The predicted molar refractivity (Wildman–Crippen MR) is 107 cm³/mol. The van der Waals surface area contributed by atoms with Gasteiger partial charge in [-0.25, -0.2) is 0 Å². The first-order valence-electron chi connectivity index (χ1n) is 9.51. The molecular weight excluding hydrogens is 448 g/mol. The largest absolute Gasteiger partial charge is 0.387 e. The number of aliphatic hydroxyl groups is 2. The molecule has 6 atom stereocenters. The number of aliphatic hydroxyl groups excluding tert-OH is 2. The Balaban J connectivity index is 1.64. The van der Waals surface area contributed by atoms with Crippen LogP contribution in [0.4, 0.5) is 0 Å². The summed E-state index contributed by atoms with van der Waals surface area (Å²) in [5.41, 5.74) is 1.65. The lowest BCUT2D eigenvalue weighted by molar-refractivity contribution is -0.0951. The van der Waals surface area contributed by atoms with Gasteiger partial charge in [0.15, 0.2) is 0 Å². The van der Waals surface area contributed by atoms with E-state index >= 15 is 0 Å². The molecule has 1 saturated heterocycles. The summed E-state index contributed by atoms with van der Waals surface area (Å²) in [6.07, 6.45) is -8.21. The molecule has 0 amide bonds. The number of hydrogen-bond acceptors (Lipinski definition) is 9. The number of ether oxygens (including phenoxy) is 1. The second-order valence-corrected chi connectivity index (χ2v) is 10.8. The van der Waals surface area contributed by atoms with Gasteiger partial charge in [-0.15, -0.1) is 0 Å². The van der Waals surface area contributed by atoms with Gasteiger partial charge < -0.3 is 14.9 Å². The number of fused-ring (bicyclic) bond motifs is 1. The van der Waals surface area contributed by atoms with E-state index in [0.717, 1.165) is 11.1 Å². The van der Waals surface area contributed by atoms with Crippen LogP contribution in [0.2, 0.25) is 0 Å². The van der Waals surface area contributed by atoms with Crippen LogP contribution in [0.3, 0.4) is 0 Å². The van der Waals surface area contributed by atoms with E-state index in [1.807, 2.05) is 0 Å². The maximum absolute atomic E-state index is 12.7. The van der Waals surface area contributed by atoms with Crippen LogP contribution in [0.1, 0.15) is 11.1 Å². The Kier molecular flexibility index (Phi) is 5.71. The second kappa shape index (κ2) is 7.93. The van der Waals surface area contributed by atoms with Gasteiger partial charge in [0.05, 0.1) is 9.79 Å². The zero-order valence-corrected chi connectivity index (χ0v) is 18.3. The van der Waals surface area contributed by atoms with Gasteiger partial charge in [-0.1, -0.05) is 35.4 Å². The highest BCUT2D eigenvalue weighted by Crippen LogP contribution is 2.41. The summed E-state index contributed by atoms with van der Waals surface area (Å²) in [6.45, 7) is 3.56. The Hall–Kier alpha value is -1.86. The van der Waals surface area contributed by atoms with Gasteiger partial charge in [0.1, 0.15) is 36.6 Å². The number of rotatable bonds is 6. The third-order valence-electron chi connectivity index (χ3n) is 5.33. The summed E-state index contributed by atoms with van der Waals surface area (Å²) < 4.78 is 66.5.